The summed E-state index contributed by atoms with van der Waals surface area (Å²) < 4.78 is 5.77. The number of hydrogen-bond donors (Lipinski definition) is 1. The summed E-state index contributed by atoms with van der Waals surface area (Å²) >= 11 is 0. The maximum atomic E-state index is 6.15. The van der Waals surface area contributed by atoms with Crippen LogP contribution in [-0.2, 0) is 0 Å². The van der Waals surface area contributed by atoms with Crippen LogP contribution in [0, 0.1) is 12.8 Å². The Balaban J connectivity index is 2.04. The smallest absolute Gasteiger partial charge is 0.122 e. The lowest BCUT2D eigenvalue weighted by Gasteiger charge is -2.31. The average molecular weight is 250 g/mol. The first kappa shape index (κ1) is 13.6. The minimum atomic E-state index is 0.0851. The van der Waals surface area contributed by atoms with Crippen molar-refractivity contribution in [2.45, 2.75) is 51.6 Å². The summed E-state index contributed by atoms with van der Waals surface area (Å²) in [4.78, 5) is 2.37. The van der Waals surface area contributed by atoms with Gasteiger partial charge in [-0.3, -0.25) is 4.90 Å². The van der Waals surface area contributed by atoms with Gasteiger partial charge >= 0.3 is 0 Å². The summed E-state index contributed by atoms with van der Waals surface area (Å²) in [7, 11) is 2.17. The molecule has 0 radical (unpaired) electrons. The Bertz CT molecular complexity index is 366. The van der Waals surface area contributed by atoms with E-state index in [-0.39, 0.29) is 12.1 Å². The molecular formula is C15H26N2O. The molecule has 1 saturated carbocycles. The van der Waals surface area contributed by atoms with Gasteiger partial charge in [0.1, 0.15) is 11.5 Å². The average Bonchev–Trinajstić information content (AvgIpc) is 2.90. The zero-order chi connectivity index (χ0) is 13.1. The highest BCUT2D eigenvalue weighted by atomic mass is 16.3. The fraction of sp³-hybridized carbons (Fsp3) is 0.733. The summed E-state index contributed by atoms with van der Waals surface area (Å²) in [6, 6.07) is 4.36. The van der Waals surface area contributed by atoms with Crippen molar-refractivity contribution in [1.82, 2.24) is 4.90 Å². The zero-order valence-corrected chi connectivity index (χ0v) is 11.9. The van der Waals surface area contributed by atoms with Gasteiger partial charge in [-0.1, -0.05) is 12.8 Å². The van der Waals surface area contributed by atoms with Gasteiger partial charge in [-0.2, -0.15) is 0 Å². The zero-order valence-electron chi connectivity index (χ0n) is 11.9. The van der Waals surface area contributed by atoms with Gasteiger partial charge in [0.15, 0.2) is 0 Å². The second kappa shape index (κ2) is 5.89. The van der Waals surface area contributed by atoms with E-state index in [1.807, 2.05) is 13.0 Å². The van der Waals surface area contributed by atoms with Crippen LogP contribution >= 0.6 is 0 Å². The van der Waals surface area contributed by atoms with Crippen LogP contribution in [0.3, 0.4) is 0 Å². The molecule has 18 heavy (non-hydrogen) atoms. The Morgan fingerprint density at radius 2 is 2.06 bits per heavy atom. The van der Waals surface area contributed by atoms with E-state index in [9.17, 15) is 0 Å². The fourth-order valence-corrected chi connectivity index (χ4v) is 3.20. The lowest BCUT2D eigenvalue weighted by atomic mass is 10.0. The number of furan rings is 1. The fourth-order valence-electron chi connectivity index (χ4n) is 3.20. The van der Waals surface area contributed by atoms with E-state index >= 15 is 0 Å². The normalized spacial score (nSPS) is 20.5. The Morgan fingerprint density at radius 1 is 1.39 bits per heavy atom. The highest BCUT2D eigenvalue weighted by Gasteiger charge is 2.27. The minimum absolute atomic E-state index is 0.0851. The van der Waals surface area contributed by atoms with Crippen molar-refractivity contribution in [2.75, 3.05) is 13.6 Å². The highest BCUT2D eigenvalue weighted by Crippen LogP contribution is 2.30. The van der Waals surface area contributed by atoms with Crippen LogP contribution < -0.4 is 5.73 Å². The molecular weight excluding hydrogens is 224 g/mol. The van der Waals surface area contributed by atoms with Crippen molar-refractivity contribution < 1.29 is 4.42 Å². The molecule has 0 aliphatic heterocycles. The Kier molecular flexibility index (Phi) is 4.46. The molecule has 0 saturated heterocycles. The third-order valence-corrected chi connectivity index (χ3v) is 4.05. The van der Waals surface area contributed by atoms with Crippen molar-refractivity contribution in [3.63, 3.8) is 0 Å². The predicted molar refractivity (Wildman–Crippen MR) is 74.4 cm³/mol. The first-order valence-corrected chi connectivity index (χ1v) is 7.10. The Morgan fingerprint density at radius 3 is 2.56 bits per heavy atom. The molecule has 2 N–H and O–H groups in total. The first-order valence-electron chi connectivity index (χ1n) is 7.10. The van der Waals surface area contributed by atoms with Crippen LogP contribution in [0.2, 0.25) is 0 Å². The van der Waals surface area contributed by atoms with Crippen molar-refractivity contribution in [3.8, 4) is 0 Å². The van der Waals surface area contributed by atoms with Gasteiger partial charge < -0.3 is 10.2 Å². The highest BCUT2D eigenvalue weighted by molar-refractivity contribution is 5.11. The molecule has 2 atom stereocenters. The van der Waals surface area contributed by atoms with E-state index in [0.717, 1.165) is 24.0 Å². The van der Waals surface area contributed by atoms with Crippen LogP contribution in [0.4, 0.5) is 0 Å². The molecule has 1 aromatic rings. The number of hydrogen-bond acceptors (Lipinski definition) is 3. The van der Waals surface area contributed by atoms with Crippen LogP contribution in [0.5, 0.6) is 0 Å². The molecule has 2 rings (SSSR count). The molecule has 0 amide bonds. The largest absolute Gasteiger partial charge is 0.465 e. The summed E-state index contributed by atoms with van der Waals surface area (Å²) in [5.41, 5.74) is 6.15. The quantitative estimate of drug-likeness (QED) is 0.873. The van der Waals surface area contributed by atoms with Gasteiger partial charge in [0.25, 0.3) is 0 Å². The summed E-state index contributed by atoms with van der Waals surface area (Å²) in [5.74, 6) is 2.81. The van der Waals surface area contributed by atoms with Crippen molar-refractivity contribution in [3.05, 3.63) is 23.7 Å². The SMILES string of the molecule is Cc1ccc(C(C(C)N)N(C)CC2CCCC2)o1. The van der Waals surface area contributed by atoms with E-state index in [1.54, 1.807) is 0 Å². The molecule has 0 aromatic carbocycles. The second-order valence-electron chi connectivity index (χ2n) is 5.84. The van der Waals surface area contributed by atoms with Gasteiger partial charge in [0.2, 0.25) is 0 Å². The van der Waals surface area contributed by atoms with Crippen LogP contribution in [0.25, 0.3) is 0 Å². The molecule has 3 heteroatoms. The van der Waals surface area contributed by atoms with E-state index < -0.39 is 0 Å². The molecule has 102 valence electrons. The first-order chi connectivity index (χ1) is 8.58. The van der Waals surface area contributed by atoms with Crippen LogP contribution in [0.15, 0.2) is 16.5 Å². The third-order valence-electron chi connectivity index (χ3n) is 4.05. The number of aryl methyl sites for hydroxylation is 1. The molecule has 0 bridgehead atoms. The Hall–Kier alpha value is -0.800. The minimum Gasteiger partial charge on any atom is -0.465 e. The monoisotopic (exact) mass is 250 g/mol. The van der Waals surface area contributed by atoms with E-state index in [2.05, 4.69) is 24.9 Å². The predicted octanol–water partition coefficient (Wildman–Crippen LogP) is 3.10. The summed E-state index contributed by atoms with van der Waals surface area (Å²) in [5, 5.41) is 0. The molecule has 1 fully saturated rings. The maximum Gasteiger partial charge on any atom is 0.122 e. The molecule has 3 nitrogen and oxygen atoms in total. The van der Waals surface area contributed by atoms with E-state index in [4.69, 9.17) is 10.2 Å². The number of nitrogens with two attached hydrogens (primary N) is 1. The summed E-state index contributed by atoms with van der Waals surface area (Å²) in [6.45, 7) is 5.18. The topological polar surface area (TPSA) is 42.4 Å². The van der Waals surface area contributed by atoms with Gasteiger partial charge in [-0.05, 0) is 51.8 Å². The molecule has 1 aliphatic carbocycles. The standard InChI is InChI=1S/C15H26N2O/c1-11-8-9-14(18-11)15(12(2)16)17(3)10-13-6-4-5-7-13/h8-9,12-13,15H,4-7,10,16H2,1-3H3. The lowest BCUT2D eigenvalue weighted by molar-refractivity contribution is 0.165. The van der Waals surface area contributed by atoms with Gasteiger partial charge in [-0.15, -0.1) is 0 Å². The van der Waals surface area contributed by atoms with Gasteiger partial charge in [0.05, 0.1) is 6.04 Å². The molecule has 2 unspecified atom stereocenters. The molecule has 0 spiro atoms. The molecule has 1 aliphatic rings. The number of nitrogens with zero attached hydrogens (tertiary/aromatic N) is 1. The molecule has 1 aromatic heterocycles. The van der Waals surface area contributed by atoms with E-state index in [0.29, 0.717) is 0 Å². The van der Waals surface area contributed by atoms with E-state index in [1.165, 1.54) is 25.7 Å². The number of likely N-dealkylation sites (N-methyl/N-ethyl adjacent to an activating group) is 1. The lowest BCUT2D eigenvalue weighted by Crippen LogP contribution is -2.39. The summed E-state index contributed by atoms with van der Waals surface area (Å²) in [6.07, 6.45) is 5.52. The van der Waals surface area contributed by atoms with Crippen molar-refractivity contribution in [1.29, 1.82) is 0 Å². The third kappa shape index (κ3) is 3.15. The second-order valence-corrected chi connectivity index (χ2v) is 5.84. The van der Waals surface area contributed by atoms with Gasteiger partial charge in [-0.25, -0.2) is 0 Å². The maximum absolute atomic E-state index is 6.15. The molecule has 1 heterocycles. The van der Waals surface area contributed by atoms with Crippen LogP contribution in [0.1, 0.15) is 50.2 Å². The van der Waals surface area contributed by atoms with Crippen LogP contribution in [-0.4, -0.2) is 24.5 Å². The number of rotatable bonds is 5. The van der Waals surface area contributed by atoms with Gasteiger partial charge in [0, 0.05) is 12.6 Å². The van der Waals surface area contributed by atoms with Crippen molar-refractivity contribution in [2.24, 2.45) is 11.7 Å². The Labute approximate surface area is 110 Å². The van der Waals surface area contributed by atoms with Crippen molar-refractivity contribution >= 4 is 0 Å².